The molecule has 0 radical (unpaired) electrons. The van der Waals surface area contributed by atoms with E-state index in [-0.39, 0.29) is 16.4 Å². The second kappa shape index (κ2) is 5.55. The van der Waals surface area contributed by atoms with Gasteiger partial charge in [0.15, 0.2) is 5.65 Å². The van der Waals surface area contributed by atoms with E-state index in [1.165, 1.54) is 0 Å². The summed E-state index contributed by atoms with van der Waals surface area (Å²) in [4.78, 5) is 16.1. The second-order valence-corrected chi connectivity index (χ2v) is 4.98. The third-order valence-electron chi connectivity index (χ3n) is 2.93. The summed E-state index contributed by atoms with van der Waals surface area (Å²) in [6, 6.07) is 0.803. The summed E-state index contributed by atoms with van der Waals surface area (Å²) in [5.74, 6) is -0.475. The van der Waals surface area contributed by atoms with Crippen molar-refractivity contribution in [2.45, 2.75) is 26.4 Å². The summed E-state index contributed by atoms with van der Waals surface area (Å²) in [6.07, 6.45) is -2.99. The van der Waals surface area contributed by atoms with Gasteiger partial charge in [-0.2, -0.15) is 13.2 Å². The van der Waals surface area contributed by atoms with Crippen LogP contribution in [0, 0.1) is 6.92 Å². The van der Waals surface area contributed by atoms with Crippen LogP contribution in [0.2, 0.25) is 5.02 Å². The Morgan fingerprint density at radius 1 is 1.48 bits per heavy atom. The molecule has 1 N–H and O–H groups in total. The number of alkyl halides is 3. The van der Waals surface area contributed by atoms with E-state index in [0.29, 0.717) is 12.2 Å². The first kappa shape index (κ1) is 15.6. The van der Waals surface area contributed by atoms with Crippen molar-refractivity contribution in [1.82, 2.24) is 14.7 Å². The minimum Gasteiger partial charge on any atom is -0.351 e. The van der Waals surface area contributed by atoms with E-state index in [9.17, 15) is 18.0 Å². The first-order valence-corrected chi connectivity index (χ1v) is 6.67. The number of imidazole rings is 1. The van der Waals surface area contributed by atoms with Gasteiger partial charge in [0.05, 0.1) is 16.3 Å². The Morgan fingerprint density at radius 3 is 2.71 bits per heavy atom. The predicted molar refractivity (Wildman–Crippen MR) is 72.6 cm³/mol. The van der Waals surface area contributed by atoms with Gasteiger partial charge < -0.3 is 5.32 Å². The van der Waals surface area contributed by atoms with Crippen molar-refractivity contribution in [1.29, 1.82) is 0 Å². The van der Waals surface area contributed by atoms with Crippen LogP contribution >= 0.6 is 11.6 Å². The summed E-state index contributed by atoms with van der Waals surface area (Å²) >= 11 is 5.85. The molecule has 0 unspecified atom stereocenters. The Labute approximate surface area is 123 Å². The fraction of sp³-hybridized carbons (Fsp3) is 0.385. The quantitative estimate of drug-likeness (QED) is 0.941. The molecular formula is C13H13ClF3N3O. The number of carbonyl (C=O) groups excluding carboxylic acids is 1. The molecule has 114 valence electrons. The Kier molecular flexibility index (Phi) is 4.13. The molecule has 1 amide bonds. The molecule has 4 nitrogen and oxygen atoms in total. The smallest absolute Gasteiger partial charge is 0.351 e. The van der Waals surface area contributed by atoms with Gasteiger partial charge in [0, 0.05) is 12.7 Å². The van der Waals surface area contributed by atoms with E-state index < -0.39 is 17.6 Å². The third-order valence-corrected chi connectivity index (χ3v) is 3.21. The first-order chi connectivity index (χ1) is 9.75. The summed E-state index contributed by atoms with van der Waals surface area (Å²) in [6.45, 7) is 3.86. The topological polar surface area (TPSA) is 46.4 Å². The number of aromatic nitrogens is 2. The number of nitrogens with zero attached hydrogens (tertiary/aromatic N) is 2. The Bertz CT molecular complexity index is 694. The lowest BCUT2D eigenvalue weighted by atomic mass is 10.2. The highest BCUT2D eigenvalue weighted by Gasteiger charge is 2.32. The van der Waals surface area contributed by atoms with Crippen molar-refractivity contribution in [2.24, 2.45) is 0 Å². The maximum absolute atomic E-state index is 12.8. The molecule has 0 atom stereocenters. The maximum atomic E-state index is 12.8. The van der Waals surface area contributed by atoms with E-state index in [2.05, 4.69) is 10.3 Å². The van der Waals surface area contributed by atoms with Crippen LogP contribution in [0.15, 0.2) is 12.3 Å². The SMILES string of the molecule is CCCNC(=O)c1c(C)nc2c(Cl)cc(C(F)(F)F)cn12. The van der Waals surface area contributed by atoms with Gasteiger partial charge in [-0.25, -0.2) is 4.98 Å². The van der Waals surface area contributed by atoms with Gasteiger partial charge in [0.25, 0.3) is 5.91 Å². The van der Waals surface area contributed by atoms with Crippen molar-refractivity contribution in [2.75, 3.05) is 6.54 Å². The van der Waals surface area contributed by atoms with Crippen molar-refractivity contribution in [3.8, 4) is 0 Å². The van der Waals surface area contributed by atoms with E-state index >= 15 is 0 Å². The highest BCUT2D eigenvalue weighted by atomic mass is 35.5. The van der Waals surface area contributed by atoms with Crippen LogP contribution in [0.25, 0.3) is 5.65 Å². The lowest BCUT2D eigenvalue weighted by molar-refractivity contribution is -0.137. The minimum atomic E-state index is -4.55. The van der Waals surface area contributed by atoms with Crippen LogP contribution in [0.1, 0.15) is 35.1 Å². The van der Waals surface area contributed by atoms with Gasteiger partial charge >= 0.3 is 6.18 Å². The highest BCUT2D eigenvalue weighted by Crippen LogP contribution is 2.33. The number of aryl methyl sites for hydroxylation is 1. The molecular weight excluding hydrogens is 307 g/mol. The number of nitrogens with one attached hydrogen (secondary N) is 1. The number of amides is 1. The summed E-state index contributed by atoms with van der Waals surface area (Å²) in [7, 11) is 0. The molecule has 8 heteroatoms. The third kappa shape index (κ3) is 2.97. The van der Waals surface area contributed by atoms with Gasteiger partial charge in [-0.05, 0) is 19.4 Å². The fourth-order valence-electron chi connectivity index (χ4n) is 1.97. The number of fused-ring (bicyclic) bond motifs is 1. The molecule has 0 aliphatic heterocycles. The second-order valence-electron chi connectivity index (χ2n) is 4.57. The van der Waals surface area contributed by atoms with Gasteiger partial charge in [-0.3, -0.25) is 9.20 Å². The zero-order valence-corrected chi connectivity index (χ0v) is 12.1. The molecule has 0 saturated heterocycles. The van der Waals surface area contributed by atoms with Crippen LogP contribution in [0.3, 0.4) is 0 Å². The molecule has 2 heterocycles. The van der Waals surface area contributed by atoms with Crippen LogP contribution in [-0.2, 0) is 6.18 Å². The summed E-state index contributed by atoms with van der Waals surface area (Å²) < 4.78 is 39.6. The fourth-order valence-corrected chi connectivity index (χ4v) is 2.22. The average molecular weight is 320 g/mol. The Morgan fingerprint density at radius 2 is 2.14 bits per heavy atom. The van der Waals surface area contributed by atoms with Gasteiger partial charge in [0.1, 0.15) is 5.69 Å². The predicted octanol–water partition coefficient (Wildman–Crippen LogP) is 3.45. The minimum absolute atomic E-state index is 0.0615. The van der Waals surface area contributed by atoms with E-state index in [1.54, 1.807) is 6.92 Å². The Balaban J connectivity index is 2.63. The van der Waals surface area contributed by atoms with Gasteiger partial charge in [0.2, 0.25) is 0 Å². The lowest BCUT2D eigenvalue weighted by Gasteiger charge is -2.10. The van der Waals surface area contributed by atoms with Crippen LogP contribution in [0.4, 0.5) is 13.2 Å². The number of hydrogen-bond acceptors (Lipinski definition) is 2. The molecule has 0 fully saturated rings. The number of pyridine rings is 1. The molecule has 0 spiro atoms. The normalized spacial score (nSPS) is 11.9. The molecule has 21 heavy (non-hydrogen) atoms. The van der Waals surface area contributed by atoms with E-state index in [4.69, 9.17) is 11.6 Å². The Hall–Kier alpha value is -1.76. The van der Waals surface area contributed by atoms with Crippen LogP contribution in [-0.4, -0.2) is 21.8 Å². The van der Waals surface area contributed by atoms with Crippen LogP contribution < -0.4 is 5.32 Å². The molecule has 0 aliphatic rings. The average Bonchev–Trinajstić information content (AvgIpc) is 2.72. The standard InChI is InChI=1S/C13H13ClF3N3O/c1-3-4-18-12(21)10-7(2)19-11-9(14)5-8(6-20(10)11)13(15,16)17/h5-6H,3-4H2,1-2H3,(H,18,21). The molecule has 2 rings (SSSR count). The van der Waals surface area contributed by atoms with Gasteiger partial charge in [-0.1, -0.05) is 18.5 Å². The molecule has 0 bridgehead atoms. The summed E-state index contributed by atoms with van der Waals surface area (Å²) in [5, 5.41) is 2.47. The number of halogens is 4. The monoisotopic (exact) mass is 319 g/mol. The number of hydrogen-bond donors (Lipinski definition) is 1. The van der Waals surface area contributed by atoms with Crippen molar-refractivity contribution in [3.63, 3.8) is 0 Å². The number of carbonyl (C=O) groups is 1. The zero-order valence-electron chi connectivity index (χ0n) is 11.4. The zero-order chi connectivity index (χ0) is 15.8. The van der Waals surface area contributed by atoms with Crippen molar-refractivity contribution >= 4 is 23.2 Å². The largest absolute Gasteiger partial charge is 0.417 e. The van der Waals surface area contributed by atoms with Crippen molar-refractivity contribution < 1.29 is 18.0 Å². The first-order valence-electron chi connectivity index (χ1n) is 6.29. The molecule has 2 aromatic rings. The van der Waals surface area contributed by atoms with Gasteiger partial charge in [-0.15, -0.1) is 0 Å². The molecule has 0 aliphatic carbocycles. The maximum Gasteiger partial charge on any atom is 0.417 e. The molecule has 0 aromatic carbocycles. The van der Waals surface area contributed by atoms with Crippen molar-refractivity contribution in [3.05, 3.63) is 34.2 Å². The lowest BCUT2D eigenvalue weighted by Crippen LogP contribution is -2.26. The van der Waals surface area contributed by atoms with E-state index in [1.807, 2.05) is 6.92 Å². The van der Waals surface area contributed by atoms with Crippen LogP contribution in [0.5, 0.6) is 0 Å². The molecule has 2 aromatic heterocycles. The van der Waals surface area contributed by atoms with E-state index in [0.717, 1.165) is 23.1 Å². The summed E-state index contributed by atoms with van der Waals surface area (Å²) in [5.41, 5.74) is -0.415. The highest BCUT2D eigenvalue weighted by molar-refractivity contribution is 6.33. The number of rotatable bonds is 3. The molecule has 0 saturated carbocycles.